The van der Waals surface area contributed by atoms with Crippen LogP contribution >= 0.6 is 0 Å². The molecule has 148 valence electrons. The van der Waals surface area contributed by atoms with Gasteiger partial charge in [0.1, 0.15) is 0 Å². The van der Waals surface area contributed by atoms with Gasteiger partial charge < -0.3 is 9.80 Å². The van der Waals surface area contributed by atoms with Gasteiger partial charge in [0.25, 0.3) is 5.91 Å². The fourth-order valence-corrected chi connectivity index (χ4v) is 3.59. The Kier molecular flexibility index (Phi) is 6.85. The van der Waals surface area contributed by atoms with Gasteiger partial charge in [-0.3, -0.25) is 9.59 Å². The molecule has 1 heterocycles. The average molecular weight is 379 g/mol. The lowest BCUT2D eigenvalue weighted by Gasteiger charge is -2.25. The SMILES string of the molecule is CN(C)C(=O)Cc1ccc(-c2ccc(C(=O)N3CCCCCCC3)cc2)cc1. The molecular weight excluding hydrogens is 348 g/mol. The maximum Gasteiger partial charge on any atom is 0.253 e. The first-order chi connectivity index (χ1) is 13.5. The highest BCUT2D eigenvalue weighted by Crippen LogP contribution is 2.22. The lowest BCUT2D eigenvalue weighted by Crippen LogP contribution is -2.33. The fourth-order valence-electron chi connectivity index (χ4n) is 3.59. The van der Waals surface area contributed by atoms with E-state index < -0.39 is 0 Å². The molecule has 1 saturated heterocycles. The van der Waals surface area contributed by atoms with Crippen molar-refractivity contribution in [2.75, 3.05) is 27.2 Å². The van der Waals surface area contributed by atoms with Gasteiger partial charge in [0.2, 0.25) is 5.91 Å². The summed E-state index contributed by atoms with van der Waals surface area (Å²) in [5, 5.41) is 0. The molecule has 0 N–H and O–H groups in total. The van der Waals surface area contributed by atoms with Gasteiger partial charge in [0, 0.05) is 32.7 Å². The largest absolute Gasteiger partial charge is 0.349 e. The summed E-state index contributed by atoms with van der Waals surface area (Å²) in [6.07, 6.45) is 6.35. The molecule has 4 nitrogen and oxygen atoms in total. The molecule has 28 heavy (non-hydrogen) atoms. The molecule has 0 aliphatic carbocycles. The maximum atomic E-state index is 12.8. The van der Waals surface area contributed by atoms with Crippen LogP contribution in [0.5, 0.6) is 0 Å². The molecule has 0 bridgehead atoms. The summed E-state index contributed by atoms with van der Waals surface area (Å²) < 4.78 is 0. The van der Waals surface area contributed by atoms with Crippen LogP contribution in [0.2, 0.25) is 0 Å². The molecule has 4 heteroatoms. The summed E-state index contributed by atoms with van der Waals surface area (Å²) in [5.41, 5.74) is 3.94. The minimum Gasteiger partial charge on any atom is -0.349 e. The molecule has 1 fully saturated rings. The average Bonchev–Trinajstić information content (AvgIpc) is 2.68. The topological polar surface area (TPSA) is 40.6 Å². The van der Waals surface area contributed by atoms with E-state index in [4.69, 9.17) is 0 Å². The molecule has 0 spiro atoms. The van der Waals surface area contributed by atoms with Gasteiger partial charge in [0.05, 0.1) is 6.42 Å². The maximum absolute atomic E-state index is 12.8. The standard InChI is InChI=1S/C24H30N2O2/c1-25(2)23(27)18-19-8-10-20(11-9-19)21-12-14-22(15-13-21)24(28)26-16-6-4-3-5-7-17-26/h8-15H,3-7,16-18H2,1-2H3. The van der Waals surface area contributed by atoms with Crippen molar-refractivity contribution in [3.8, 4) is 11.1 Å². The first-order valence-corrected chi connectivity index (χ1v) is 10.2. The van der Waals surface area contributed by atoms with E-state index in [1.165, 1.54) is 19.3 Å². The molecule has 0 saturated carbocycles. The molecule has 3 rings (SSSR count). The zero-order chi connectivity index (χ0) is 19.9. The summed E-state index contributed by atoms with van der Waals surface area (Å²) in [6, 6.07) is 15.9. The van der Waals surface area contributed by atoms with Crippen molar-refractivity contribution in [1.29, 1.82) is 0 Å². The molecule has 0 atom stereocenters. The Labute approximate surface area is 168 Å². The molecule has 2 amide bonds. The van der Waals surface area contributed by atoms with E-state index in [1.54, 1.807) is 19.0 Å². The second-order valence-corrected chi connectivity index (χ2v) is 7.80. The van der Waals surface area contributed by atoms with Crippen LogP contribution in [-0.2, 0) is 11.2 Å². The van der Waals surface area contributed by atoms with Crippen LogP contribution in [0.15, 0.2) is 48.5 Å². The van der Waals surface area contributed by atoms with Crippen LogP contribution in [0.1, 0.15) is 48.0 Å². The predicted molar refractivity (Wildman–Crippen MR) is 113 cm³/mol. The highest BCUT2D eigenvalue weighted by molar-refractivity contribution is 5.94. The summed E-state index contributed by atoms with van der Waals surface area (Å²) >= 11 is 0. The van der Waals surface area contributed by atoms with Gasteiger partial charge in [-0.2, -0.15) is 0 Å². The van der Waals surface area contributed by atoms with Crippen molar-refractivity contribution in [1.82, 2.24) is 9.80 Å². The van der Waals surface area contributed by atoms with Gasteiger partial charge >= 0.3 is 0 Å². The number of likely N-dealkylation sites (tertiary alicyclic amines) is 1. The van der Waals surface area contributed by atoms with E-state index >= 15 is 0 Å². The monoisotopic (exact) mass is 378 g/mol. The molecule has 2 aromatic carbocycles. The van der Waals surface area contributed by atoms with Crippen molar-refractivity contribution in [2.24, 2.45) is 0 Å². The van der Waals surface area contributed by atoms with Crippen LogP contribution < -0.4 is 0 Å². The fraction of sp³-hybridized carbons (Fsp3) is 0.417. The number of benzene rings is 2. The minimum atomic E-state index is 0.0971. The second kappa shape index (κ2) is 9.54. The van der Waals surface area contributed by atoms with Crippen molar-refractivity contribution < 1.29 is 9.59 Å². The first kappa shape index (κ1) is 20.1. The molecule has 0 radical (unpaired) electrons. The third kappa shape index (κ3) is 5.22. The number of rotatable bonds is 4. The number of carbonyl (C=O) groups is 2. The Morgan fingerprint density at radius 1 is 0.786 bits per heavy atom. The van der Waals surface area contributed by atoms with Gasteiger partial charge in [-0.25, -0.2) is 0 Å². The minimum absolute atomic E-state index is 0.0971. The number of likely N-dealkylation sites (N-methyl/N-ethyl adjacent to an activating group) is 1. The van der Waals surface area contributed by atoms with Crippen molar-refractivity contribution in [2.45, 2.75) is 38.5 Å². The Bertz CT molecular complexity index is 786. The first-order valence-electron chi connectivity index (χ1n) is 10.2. The second-order valence-electron chi connectivity index (χ2n) is 7.80. The van der Waals surface area contributed by atoms with E-state index in [2.05, 4.69) is 0 Å². The lowest BCUT2D eigenvalue weighted by atomic mass is 10.0. The smallest absolute Gasteiger partial charge is 0.253 e. The normalized spacial score (nSPS) is 14.9. The Morgan fingerprint density at radius 2 is 1.29 bits per heavy atom. The number of nitrogens with zero attached hydrogens (tertiary/aromatic N) is 2. The summed E-state index contributed by atoms with van der Waals surface area (Å²) in [5.74, 6) is 0.242. The van der Waals surface area contributed by atoms with E-state index in [0.717, 1.165) is 48.2 Å². The van der Waals surface area contributed by atoms with Gasteiger partial charge in [-0.1, -0.05) is 55.7 Å². The zero-order valence-electron chi connectivity index (χ0n) is 17.0. The quantitative estimate of drug-likeness (QED) is 0.792. The van der Waals surface area contributed by atoms with Crippen molar-refractivity contribution >= 4 is 11.8 Å². The number of hydrogen-bond acceptors (Lipinski definition) is 2. The van der Waals surface area contributed by atoms with Crippen LogP contribution in [0.4, 0.5) is 0 Å². The third-order valence-electron chi connectivity index (χ3n) is 5.42. The van der Waals surface area contributed by atoms with Gasteiger partial charge in [-0.05, 0) is 41.7 Å². The van der Waals surface area contributed by atoms with E-state index in [-0.39, 0.29) is 11.8 Å². The number of amides is 2. The predicted octanol–water partition coefficient (Wildman–Crippen LogP) is 4.39. The molecule has 0 unspecified atom stereocenters. The van der Waals surface area contributed by atoms with Crippen molar-refractivity contribution in [3.63, 3.8) is 0 Å². The zero-order valence-corrected chi connectivity index (χ0v) is 17.0. The summed E-state index contributed by atoms with van der Waals surface area (Å²) in [4.78, 5) is 28.2. The molecule has 2 aromatic rings. The van der Waals surface area contributed by atoms with E-state index in [9.17, 15) is 9.59 Å². The third-order valence-corrected chi connectivity index (χ3v) is 5.42. The Hall–Kier alpha value is -2.62. The van der Waals surface area contributed by atoms with Crippen LogP contribution in [-0.4, -0.2) is 48.8 Å². The van der Waals surface area contributed by atoms with Crippen LogP contribution in [0.25, 0.3) is 11.1 Å². The molecule has 1 aliphatic rings. The summed E-state index contributed by atoms with van der Waals surface area (Å²) in [7, 11) is 3.54. The molecule has 1 aliphatic heterocycles. The van der Waals surface area contributed by atoms with Crippen LogP contribution in [0, 0.1) is 0 Å². The number of hydrogen-bond donors (Lipinski definition) is 0. The Morgan fingerprint density at radius 3 is 1.82 bits per heavy atom. The molecule has 0 aromatic heterocycles. The number of carbonyl (C=O) groups excluding carboxylic acids is 2. The molecular formula is C24H30N2O2. The van der Waals surface area contributed by atoms with Crippen LogP contribution in [0.3, 0.4) is 0 Å². The highest BCUT2D eigenvalue weighted by Gasteiger charge is 2.16. The summed E-state index contributed by atoms with van der Waals surface area (Å²) in [6.45, 7) is 1.74. The van der Waals surface area contributed by atoms with Crippen molar-refractivity contribution in [3.05, 3.63) is 59.7 Å². The lowest BCUT2D eigenvalue weighted by molar-refractivity contribution is -0.127. The Balaban J connectivity index is 1.66. The van der Waals surface area contributed by atoms with Gasteiger partial charge in [-0.15, -0.1) is 0 Å². The van der Waals surface area contributed by atoms with Gasteiger partial charge in [0.15, 0.2) is 0 Å². The highest BCUT2D eigenvalue weighted by atomic mass is 16.2. The van der Waals surface area contributed by atoms with E-state index in [0.29, 0.717) is 6.42 Å². The van der Waals surface area contributed by atoms with E-state index in [1.807, 2.05) is 53.4 Å².